The molecule has 0 radical (unpaired) electrons. The van der Waals surface area contributed by atoms with Crippen LogP contribution in [0.4, 0.5) is 0 Å². The molecule has 3 heteroatoms. The number of carbonyl (C=O) groups is 1. The number of benzene rings is 1. The maximum Gasteiger partial charge on any atom is 0.226 e. The number of hydrogen-bond acceptors (Lipinski definition) is 2. The summed E-state index contributed by atoms with van der Waals surface area (Å²) in [5, 5.41) is 1.69. The fourth-order valence-corrected chi connectivity index (χ4v) is 1.23. The van der Waals surface area contributed by atoms with Gasteiger partial charge in [0.2, 0.25) is 17.9 Å². The van der Waals surface area contributed by atoms with Gasteiger partial charge in [0.15, 0.2) is 0 Å². The van der Waals surface area contributed by atoms with Crippen LogP contribution in [-0.4, -0.2) is 17.9 Å². The molecule has 72 valence electrons. The molecule has 0 spiro atoms. The van der Waals surface area contributed by atoms with Crippen molar-refractivity contribution in [2.75, 3.05) is 6.54 Å². The second-order valence-electron chi connectivity index (χ2n) is 2.59. The van der Waals surface area contributed by atoms with Crippen molar-refractivity contribution < 1.29 is 9.79 Å². The first-order valence-electron chi connectivity index (χ1n) is 4.24. The Morgan fingerprint density at radius 2 is 2.14 bits per heavy atom. The molecule has 0 aliphatic carbocycles. The number of nitrogens with one attached hydrogen (secondary N) is 1. The smallest absolute Gasteiger partial charge is 0.226 e. The Bertz CT molecular complexity index is 332. The molecule has 0 atom stereocenters. The normalized spacial score (nSPS) is 10.3. The first kappa shape index (κ1) is 10.7. The molecule has 0 unspecified atom stereocenters. The molecule has 1 aromatic rings. The number of rotatable bonds is 5. The molecule has 1 N–H and O–H groups in total. The third-order valence-corrected chi connectivity index (χ3v) is 2.10. The second kappa shape index (κ2) is 6.16. The summed E-state index contributed by atoms with van der Waals surface area (Å²) in [6.45, 7) is 3.87. The van der Waals surface area contributed by atoms with Crippen LogP contribution in [0.2, 0.25) is 0 Å². The van der Waals surface area contributed by atoms with Crippen molar-refractivity contribution >= 4 is 23.1 Å². The van der Waals surface area contributed by atoms with Crippen molar-refractivity contribution in [2.24, 2.45) is 0 Å². The summed E-state index contributed by atoms with van der Waals surface area (Å²) in [5.41, 5.74) is 2.48. The van der Waals surface area contributed by atoms with Crippen molar-refractivity contribution in [2.45, 2.75) is 0 Å². The Kier molecular flexibility index (Phi) is 4.72. The highest BCUT2D eigenvalue weighted by Gasteiger charge is 2.05. The van der Waals surface area contributed by atoms with Gasteiger partial charge >= 0.3 is 0 Å². The van der Waals surface area contributed by atoms with Crippen LogP contribution in [0.1, 0.15) is 10.4 Å². The molecule has 0 bridgehead atoms. The molecule has 0 aromatic heterocycles. The first-order valence-corrected chi connectivity index (χ1v) is 5.18. The van der Waals surface area contributed by atoms with E-state index >= 15 is 0 Å². The highest BCUT2D eigenvalue weighted by molar-refractivity contribution is 8.14. The van der Waals surface area contributed by atoms with E-state index in [-0.39, 0.29) is 5.78 Å². The minimum atomic E-state index is 0.0894. The molecule has 0 fully saturated rings. The van der Waals surface area contributed by atoms with E-state index in [0.717, 1.165) is 5.56 Å². The highest BCUT2D eigenvalue weighted by Crippen LogP contribution is 1.97. The Morgan fingerprint density at radius 1 is 1.43 bits per heavy atom. The van der Waals surface area contributed by atoms with Crippen LogP contribution in [0.25, 0.3) is 0 Å². The lowest BCUT2D eigenvalue weighted by Crippen LogP contribution is -2.70. The largest absolute Gasteiger partial charge is 0.287 e. The number of thioether (sulfide) groups is 1. The maximum absolute atomic E-state index is 11.5. The van der Waals surface area contributed by atoms with Gasteiger partial charge in [-0.3, -0.25) is 4.79 Å². The van der Waals surface area contributed by atoms with Crippen LogP contribution in [0, 0.1) is 0 Å². The zero-order valence-corrected chi connectivity index (χ0v) is 8.59. The predicted octanol–water partition coefficient (Wildman–Crippen LogP) is 0.855. The minimum absolute atomic E-state index is 0.0894. The van der Waals surface area contributed by atoms with Gasteiger partial charge in [-0.25, -0.2) is 4.99 Å². The van der Waals surface area contributed by atoms with E-state index in [2.05, 4.69) is 11.6 Å². The molecule has 0 aliphatic rings. The molecular weight excluding hydrogens is 194 g/mol. The second-order valence-corrected chi connectivity index (χ2v) is 3.43. The molecule has 0 saturated heterocycles. The molecule has 1 rings (SSSR count). The van der Waals surface area contributed by atoms with E-state index in [4.69, 9.17) is 0 Å². The van der Waals surface area contributed by atoms with Gasteiger partial charge in [-0.15, -0.1) is 0 Å². The molecular formula is C11H12NOS+. The van der Waals surface area contributed by atoms with Gasteiger partial charge < -0.3 is 0 Å². The monoisotopic (exact) mass is 206 g/mol. The third kappa shape index (κ3) is 3.58. The Morgan fingerprint density at radius 3 is 2.79 bits per heavy atom. The standard InChI is InChI=1S/C11H11NOS/c1-2-14-9-12-8-11(13)10-6-4-3-5-7-10/h2-7,9H,1,8H2/p+1. The van der Waals surface area contributed by atoms with E-state index < -0.39 is 0 Å². The average Bonchev–Trinajstić information content (AvgIpc) is 2.25. The fourth-order valence-electron chi connectivity index (χ4n) is 0.957. The van der Waals surface area contributed by atoms with Gasteiger partial charge in [0.1, 0.15) is 0 Å². The lowest BCUT2D eigenvalue weighted by molar-refractivity contribution is -0.432. The predicted molar refractivity (Wildman–Crippen MR) is 60.5 cm³/mol. The molecule has 1 aromatic carbocycles. The van der Waals surface area contributed by atoms with Crippen molar-refractivity contribution in [1.29, 1.82) is 0 Å². The summed E-state index contributed by atoms with van der Waals surface area (Å²) in [6.07, 6.45) is 0. The van der Waals surface area contributed by atoms with E-state index in [1.165, 1.54) is 11.8 Å². The van der Waals surface area contributed by atoms with E-state index in [1.54, 1.807) is 11.0 Å². The summed E-state index contributed by atoms with van der Waals surface area (Å²) < 4.78 is 0. The van der Waals surface area contributed by atoms with Crippen molar-refractivity contribution in [3.05, 3.63) is 47.9 Å². The van der Waals surface area contributed by atoms with Crippen molar-refractivity contribution in [1.82, 2.24) is 0 Å². The Hall–Kier alpha value is -1.35. The van der Waals surface area contributed by atoms with E-state index in [9.17, 15) is 4.79 Å². The van der Waals surface area contributed by atoms with Gasteiger partial charge in [-0.1, -0.05) is 36.9 Å². The zero-order chi connectivity index (χ0) is 10.2. The van der Waals surface area contributed by atoms with Crippen LogP contribution in [0.3, 0.4) is 0 Å². The fraction of sp³-hybridized carbons (Fsp3) is 0.0909. The van der Waals surface area contributed by atoms with Crippen LogP contribution in [0.5, 0.6) is 0 Å². The molecule has 0 heterocycles. The number of carbonyl (C=O) groups excluding carboxylic acids is 1. The van der Waals surface area contributed by atoms with Crippen molar-refractivity contribution in [3.63, 3.8) is 0 Å². The maximum atomic E-state index is 11.5. The molecule has 0 saturated carbocycles. The summed E-state index contributed by atoms with van der Waals surface area (Å²) in [5.74, 6) is 0.0894. The van der Waals surface area contributed by atoms with Crippen molar-refractivity contribution in [3.8, 4) is 0 Å². The average molecular weight is 206 g/mol. The van der Waals surface area contributed by atoms with E-state index in [1.807, 2.05) is 30.3 Å². The Balaban J connectivity index is 2.47. The lowest BCUT2D eigenvalue weighted by atomic mass is 10.1. The van der Waals surface area contributed by atoms with Crippen LogP contribution in [-0.2, 0) is 0 Å². The SMILES string of the molecule is C=CSC=[NH+]CC(=O)c1ccccc1. The van der Waals surface area contributed by atoms with E-state index in [0.29, 0.717) is 6.54 Å². The van der Waals surface area contributed by atoms with Gasteiger partial charge in [0.05, 0.1) is 0 Å². The lowest BCUT2D eigenvalue weighted by Gasteiger charge is -1.92. The zero-order valence-electron chi connectivity index (χ0n) is 7.77. The summed E-state index contributed by atoms with van der Waals surface area (Å²) in [7, 11) is 0. The van der Waals surface area contributed by atoms with Gasteiger partial charge in [0, 0.05) is 5.56 Å². The number of ketones is 1. The summed E-state index contributed by atoms with van der Waals surface area (Å²) in [4.78, 5) is 14.4. The van der Waals surface area contributed by atoms with Gasteiger partial charge in [0.25, 0.3) is 0 Å². The molecule has 0 aliphatic heterocycles. The number of hydrogen-bond donors (Lipinski definition) is 1. The minimum Gasteiger partial charge on any atom is -0.287 e. The molecule has 14 heavy (non-hydrogen) atoms. The molecule has 2 nitrogen and oxygen atoms in total. The van der Waals surface area contributed by atoms with Crippen LogP contribution < -0.4 is 4.99 Å². The summed E-state index contributed by atoms with van der Waals surface area (Å²) >= 11 is 1.42. The van der Waals surface area contributed by atoms with Crippen LogP contribution >= 0.6 is 11.8 Å². The topological polar surface area (TPSA) is 31.0 Å². The highest BCUT2D eigenvalue weighted by atomic mass is 32.2. The molecule has 0 amide bonds. The van der Waals surface area contributed by atoms with Crippen LogP contribution in [0.15, 0.2) is 42.3 Å². The third-order valence-electron chi connectivity index (χ3n) is 1.61. The van der Waals surface area contributed by atoms with Gasteiger partial charge in [-0.2, -0.15) is 0 Å². The first-order chi connectivity index (χ1) is 6.84. The van der Waals surface area contributed by atoms with Gasteiger partial charge in [-0.05, 0) is 17.2 Å². The summed E-state index contributed by atoms with van der Waals surface area (Å²) in [6, 6.07) is 9.23. The number of Topliss-reactive ketones (excluding diaryl/α,β-unsaturated/α-hetero) is 1. The quantitative estimate of drug-likeness (QED) is 0.440. The Labute approximate surface area is 87.7 Å².